The molecule has 1 N–H and O–H groups in total. The average Bonchev–Trinajstić information content (AvgIpc) is 2.86. The molecule has 4 heteroatoms. The molecule has 0 heterocycles. The van der Waals surface area contributed by atoms with Crippen LogP contribution in [0.15, 0.2) is 84.9 Å². The quantitative estimate of drug-likeness (QED) is 0.339. The zero-order valence-corrected chi connectivity index (χ0v) is 19.5. The molecule has 3 aromatic carbocycles. The molecule has 168 valence electrons. The molecule has 33 heavy (non-hydrogen) atoms. The van der Waals surface area contributed by atoms with E-state index in [2.05, 4.69) is 29.4 Å². The van der Waals surface area contributed by atoms with Gasteiger partial charge in [-0.25, -0.2) is 5.01 Å². The molecule has 3 nitrogen and oxygen atoms in total. The monoisotopic (exact) mass is 456 g/mol. The first-order valence-electron chi connectivity index (χ1n) is 11.6. The standard InChI is InChI=1S/C29H29ClN2O/c30-27-18-10-13-23(21-27)19-20-28(25-14-6-2-7-15-25)32(22-24-11-4-1-5-12-24)31-29(33)26-16-8-3-9-17-26/h1,3-5,8-13,16-18,21,25,28H,2,6-7,14-15,22H2,(H,31,33). The third-order valence-corrected chi connectivity index (χ3v) is 6.33. The fourth-order valence-corrected chi connectivity index (χ4v) is 4.59. The van der Waals surface area contributed by atoms with Gasteiger partial charge < -0.3 is 0 Å². The number of hydrogen-bond donors (Lipinski definition) is 1. The van der Waals surface area contributed by atoms with Gasteiger partial charge in [0.2, 0.25) is 0 Å². The van der Waals surface area contributed by atoms with Gasteiger partial charge in [-0.05, 0) is 54.7 Å². The summed E-state index contributed by atoms with van der Waals surface area (Å²) in [5.74, 6) is 7.13. The van der Waals surface area contributed by atoms with Crippen LogP contribution in [0.4, 0.5) is 0 Å². The highest BCUT2D eigenvalue weighted by Gasteiger charge is 2.29. The fourth-order valence-electron chi connectivity index (χ4n) is 4.40. The number of carbonyl (C=O) groups is 1. The van der Waals surface area contributed by atoms with Crippen molar-refractivity contribution in [2.24, 2.45) is 5.92 Å². The number of nitrogens with zero attached hydrogens (tertiary/aromatic N) is 1. The number of carbonyl (C=O) groups excluding carboxylic acids is 1. The number of nitrogens with one attached hydrogen (secondary N) is 1. The largest absolute Gasteiger partial charge is 0.283 e. The normalized spacial score (nSPS) is 14.8. The predicted molar refractivity (Wildman–Crippen MR) is 135 cm³/mol. The fraction of sp³-hybridized carbons (Fsp3) is 0.276. The lowest BCUT2D eigenvalue weighted by molar-refractivity contribution is 0.0604. The lowest BCUT2D eigenvalue weighted by Gasteiger charge is -2.36. The molecule has 1 unspecified atom stereocenters. The van der Waals surface area contributed by atoms with Gasteiger partial charge in [0.05, 0.1) is 6.04 Å². The van der Waals surface area contributed by atoms with Crippen molar-refractivity contribution in [1.29, 1.82) is 0 Å². The number of halogens is 1. The third kappa shape index (κ3) is 6.71. The molecule has 4 rings (SSSR count). The molecule has 0 saturated heterocycles. The smallest absolute Gasteiger partial charge is 0.265 e. The van der Waals surface area contributed by atoms with Crippen LogP contribution in [-0.4, -0.2) is 17.0 Å². The summed E-state index contributed by atoms with van der Waals surface area (Å²) >= 11 is 6.18. The minimum Gasteiger partial charge on any atom is -0.283 e. The van der Waals surface area contributed by atoms with Crippen LogP contribution >= 0.6 is 11.6 Å². The first-order chi connectivity index (χ1) is 16.2. The summed E-state index contributed by atoms with van der Waals surface area (Å²) < 4.78 is 0. The molecule has 0 spiro atoms. The van der Waals surface area contributed by atoms with Crippen LogP contribution in [0.5, 0.6) is 0 Å². The minimum atomic E-state index is -0.114. The zero-order valence-electron chi connectivity index (χ0n) is 18.7. The summed E-state index contributed by atoms with van der Waals surface area (Å²) in [5, 5.41) is 2.72. The molecule has 3 aromatic rings. The zero-order chi connectivity index (χ0) is 22.9. The Morgan fingerprint density at radius 2 is 1.64 bits per heavy atom. The van der Waals surface area contributed by atoms with E-state index in [1.807, 2.05) is 77.8 Å². The van der Waals surface area contributed by atoms with E-state index in [1.165, 1.54) is 19.3 Å². The summed E-state index contributed by atoms with van der Waals surface area (Å²) in [5.41, 5.74) is 5.85. The van der Waals surface area contributed by atoms with E-state index in [0.717, 1.165) is 24.0 Å². The van der Waals surface area contributed by atoms with E-state index in [1.54, 1.807) is 0 Å². The second kappa shape index (κ2) is 11.7. The van der Waals surface area contributed by atoms with Gasteiger partial charge in [0.15, 0.2) is 0 Å². The number of rotatable bonds is 6. The average molecular weight is 457 g/mol. The minimum absolute atomic E-state index is 0.0999. The van der Waals surface area contributed by atoms with Gasteiger partial charge in [0.25, 0.3) is 5.91 Å². The van der Waals surface area contributed by atoms with Gasteiger partial charge in [-0.2, -0.15) is 0 Å². The van der Waals surface area contributed by atoms with Gasteiger partial charge in [0.1, 0.15) is 0 Å². The lowest BCUT2D eigenvalue weighted by atomic mass is 9.83. The maximum absolute atomic E-state index is 13.1. The van der Waals surface area contributed by atoms with E-state index in [0.29, 0.717) is 23.0 Å². The molecule has 0 bridgehead atoms. The number of amides is 1. The number of hydrogen-bond acceptors (Lipinski definition) is 2. The Labute approximate surface area is 201 Å². The van der Waals surface area contributed by atoms with Crippen molar-refractivity contribution in [3.05, 3.63) is 107 Å². The SMILES string of the molecule is O=C(NN(Cc1ccccc1)C(C#Cc1cccc(Cl)c1)C1CCCCC1)c1ccccc1. The topological polar surface area (TPSA) is 32.3 Å². The summed E-state index contributed by atoms with van der Waals surface area (Å²) in [6.07, 6.45) is 5.89. The van der Waals surface area contributed by atoms with E-state index >= 15 is 0 Å². The molecule has 1 amide bonds. The van der Waals surface area contributed by atoms with Crippen molar-refractivity contribution >= 4 is 17.5 Å². The Morgan fingerprint density at radius 3 is 2.33 bits per heavy atom. The van der Waals surface area contributed by atoms with Gasteiger partial charge in [-0.3, -0.25) is 10.2 Å². The van der Waals surface area contributed by atoms with Gasteiger partial charge in [-0.1, -0.05) is 97.3 Å². The Morgan fingerprint density at radius 1 is 0.939 bits per heavy atom. The van der Waals surface area contributed by atoms with E-state index < -0.39 is 0 Å². The van der Waals surface area contributed by atoms with E-state index in [-0.39, 0.29) is 11.9 Å². The van der Waals surface area contributed by atoms with Crippen molar-refractivity contribution in [3.8, 4) is 11.8 Å². The van der Waals surface area contributed by atoms with Crippen LogP contribution < -0.4 is 5.43 Å². The second-order valence-corrected chi connectivity index (χ2v) is 8.98. The van der Waals surface area contributed by atoms with Crippen molar-refractivity contribution in [3.63, 3.8) is 0 Å². The van der Waals surface area contributed by atoms with Crippen molar-refractivity contribution in [1.82, 2.24) is 10.4 Å². The Bertz CT molecular complexity index is 1100. The van der Waals surface area contributed by atoms with Gasteiger partial charge >= 0.3 is 0 Å². The third-order valence-electron chi connectivity index (χ3n) is 6.10. The summed E-state index contributed by atoms with van der Waals surface area (Å²) in [6.45, 7) is 0.588. The van der Waals surface area contributed by atoms with Crippen LogP contribution in [0.2, 0.25) is 5.02 Å². The molecule has 0 radical (unpaired) electrons. The van der Waals surface area contributed by atoms with Crippen molar-refractivity contribution in [2.45, 2.75) is 44.7 Å². The predicted octanol–water partition coefficient (Wildman–Crippen LogP) is 6.49. The molecule has 1 aliphatic carbocycles. The van der Waals surface area contributed by atoms with Crippen LogP contribution in [-0.2, 0) is 6.54 Å². The molecular weight excluding hydrogens is 428 g/mol. The second-order valence-electron chi connectivity index (χ2n) is 8.54. The highest BCUT2D eigenvalue weighted by molar-refractivity contribution is 6.30. The first-order valence-corrected chi connectivity index (χ1v) is 12.0. The molecule has 1 aliphatic rings. The van der Waals surface area contributed by atoms with Crippen LogP contribution in [0.3, 0.4) is 0 Å². The Hall–Kier alpha value is -3.06. The molecular formula is C29H29ClN2O. The highest BCUT2D eigenvalue weighted by Crippen LogP contribution is 2.29. The molecule has 1 atom stereocenters. The maximum atomic E-state index is 13.1. The Kier molecular flexibility index (Phi) is 8.19. The lowest BCUT2D eigenvalue weighted by Crippen LogP contribution is -2.50. The molecule has 1 saturated carbocycles. The molecule has 1 fully saturated rings. The van der Waals surface area contributed by atoms with Crippen molar-refractivity contribution < 1.29 is 4.79 Å². The number of hydrazine groups is 1. The maximum Gasteiger partial charge on any atom is 0.265 e. The first kappa shape index (κ1) is 23.1. The van der Waals surface area contributed by atoms with Gasteiger partial charge in [0, 0.05) is 22.7 Å². The van der Waals surface area contributed by atoms with Crippen LogP contribution in [0.1, 0.15) is 53.6 Å². The van der Waals surface area contributed by atoms with Crippen LogP contribution in [0.25, 0.3) is 0 Å². The van der Waals surface area contributed by atoms with Crippen LogP contribution in [0, 0.1) is 17.8 Å². The number of benzene rings is 3. The van der Waals surface area contributed by atoms with E-state index in [4.69, 9.17) is 11.6 Å². The summed E-state index contributed by atoms with van der Waals surface area (Å²) in [6, 6.07) is 27.1. The van der Waals surface area contributed by atoms with E-state index in [9.17, 15) is 4.79 Å². The Balaban J connectivity index is 1.67. The van der Waals surface area contributed by atoms with Crippen molar-refractivity contribution in [2.75, 3.05) is 0 Å². The summed E-state index contributed by atoms with van der Waals surface area (Å²) in [4.78, 5) is 13.1. The molecule has 0 aliphatic heterocycles. The van der Waals surface area contributed by atoms with Gasteiger partial charge in [-0.15, -0.1) is 0 Å². The molecule has 0 aromatic heterocycles. The summed E-state index contributed by atoms with van der Waals surface area (Å²) in [7, 11) is 0. The highest BCUT2D eigenvalue weighted by atomic mass is 35.5.